The Hall–Kier alpha value is -1.90. The second-order valence-electron chi connectivity index (χ2n) is 6.39. The first-order valence-corrected chi connectivity index (χ1v) is 8.15. The average Bonchev–Trinajstić information content (AvgIpc) is 3.37. The lowest BCUT2D eigenvalue weighted by Gasteiger charge is -2.35. The van der Waals surface area contributed by atoms with Crippen molar-refractivity contribution in [1.82, 2.24) is 4.90 Å². The maximum absolute atomic E-state index is 12.9. The number of carbonyl (C=O) groups is 1. The Morgan fingerprint density at radius 2 is 2.05 bits per heavy atom. The van der Waals surface area contributed by atoms with Crippen LogP contribution in [0.1, 0.15) is 43.9 Å². The van der Waals surface area contributed by atoms with Gasteiger partial charge in [-0.3, -0.25) is 9.79 Å². The van der Waals surface area contributed by atoms with Gasteiger partial charge in [-0.25, -0.2) is 0 Å². The van der Waals surface area contributed by atoms with Crippen molar-refractivity contribution in [2.75, 3.05) is 13.6 Å². The molecule has 0 saturated heterocycles. The first kappa shape index (κ1) is 15.0. The van der Waals surface area contributed by atoms with Gasteiger partial charge in [-0.1, -0.05) is 29.8 Å². The molecule has 0 bridgehead atoms. The summed E-state index contributed by atoms with van der Waals surface area (Å²) in [4.78, 5) is 19.1. The Labute approximate surface area is 132 Å². The van der Waals surface area contributed by atoms with Crippen LogP contribution in [0.25, 0.3) is 0 Å². The molecule has 0 N–H and O–H groups in total. The maximum Gasteiger partial charge on any atom is 0.272 e. The fraction of sp³-hybridized carbons (Fsp3) is 0.474. The molecule has 1 aliphatic carbocycles. The molecule has 0 spiro atoms. The van der Waals surface area contributed by atoms with Gasteiger partial charge in [-0.05, 0) is 56.2 Å². The van der Waals surface area contributed by atoms with E-state index in [2.05, 4.69) is 43.1 Å². The summed E-state index contributed by atoms with van der Waals surface area (Å²) in [7, 11) is 1.71. The van der Waals surface area contributed by atoms with Crippen molar-refractivity contribution in [3.8, 4) is 0 Å². The zero-order chi connectivity index (χ0) is 15.7. The van der Waals surface area contributed by atoms with Gasteiger partial charge < -0.3 is 4.90 Å². The number of fused-ring (bicyclic) bond motifs is 1. The van der Waals surface area contributed by atoms with Crippen molar-refractivity contribution in [3.63, 3.8) is 0 Å². The molecule has 0 aromatic heterocycles. The summed E-state index contributed by atoms with van der Waals surface area (Å²) < 4.78 is 0. The van der Waals surface area contributed by atoms with Crippen LogP contribution in [0, 0.1) is 5.92 Å². The third-order valence-electron chi connectivity index (χ3n) is 4.90. The lowest BCUT2D eigenvalue weighted by molar-refractivity contribution is -0.126. The van der Waals surface area contributed by atoms with Gasteiger partial charge >= 0.3 is 0 Å². The quantitative estimate of drug-likeness (QED) is 0.785. The van der Waals surface area contributed by atoms with Crippen molar-refractivity contribution >= 4 is 11.6 Å². The normalized spacial score (nSPS) is 22.5. The summed E-state index contributed by atoms with van der Waals surface area (Å²) in [5.74, 6) is 0.730. The molecule has 1 atom stereocenters. The predicted molar refractivity (Wildman–Crippen MR) is 90.1 cm³/mol. The van der Waals surface area contributed by atoms with Crippen LogP contribution in [0.3, 0.4) is 0 Å². The van der Waals surface area contributed by atoms with Crippen LogP contribution < -0.4 is 0 Å². The van der Waals surface area contributed by atoms with Crippen molar-refractivity contribution in [2.24, 2.45) is 10.9 Å². The minimum atomic E-state index is 0.0597. The van der Waals surface area contributed by atoms with Gasteiger partial charge in [-0.2, -0.15) is 0 Å². The topological polar surface area (TPSA) is 32.7 Å². The van der Waals surface area contributed by atoms with Gasteiger partial charge in [0.2, 0.25) is 0 Å². The Kier molecular flexibility index (Phi) is 4.14. The Bertz CT molecular complexity index is 641. The highest BCUT2D eigenvalue weighted by Crippen LogP contribution is 2.36. The van der Waals surface area contributed by atoms with Gasteiger partial charge in [0, 0.05) is 13.6 Å². The fourth-order valence-electron chi connectivity index (χ4n) is 3.29. The van der Waals surface area contributed by atoms with Crippen LogP contribution in [0.4, 0.5) is 0 Å². The maximum atomic E-state index is 12.9. The number of carbonyl (C=O) groups excluding carboxylic acids is 1. The van der Waals surface area contributed by atoms with E-state index in [0.717, 1.165) is 13.0 Å². The van der Waals surface area contributed by atoms with Gasteiger partial charge in [0.1, 0.15) is 5.71 Å². The summed E-state index contributed by atoms with van der Waals surface area (Å²) >= 11 is 0. The molecule has 1 saturated carbocycles. The fourth-order valence-corrected chi connectivity index (χ4v) is 3.29. The third kappa shape index (κ3) is 2.85. The lowest BCUT2D eigenvalue weighted by Crippen LogP contribution is -2.42. The molecule has 1 aromatic rings. The highest BCUT2D eigenvalue weighted by molar-refractivity contribution is 6.43. The van der Waals surface area contributed by atoms with Crippen LogP contribution in [-0.2, 0) is 11.2 Å². The molecule has 3 nitrogen and oxygen atoms in total. The molecule has 0 radical (unpaired) electrons. The number of hydrogen-bond donors (Lipinski definition) is 0. The number of amides is 1. The van der Waals surface area contributed by atoms with Crippen molar-refractivity contribution in [1.29, 1.82) is 0 Å². The molecule has 3 heteroatoms. The monoisotopic (exact) mass is 296 g/mol. The van der Waals surface area contributed by atoms with E-state index in [4.69, 9.17) is 0 Å². The average molecular weight is 296 g/mol. The smallest absolute Gasteiger partial charge is 0.272 e. The first-order chi connectivity index (χ1) is 10.6. The molecule has 116 valence electrons. The molecule has 1 heterocycles. The summed E-state index contributed by atoms with van der Waals surface area (Å²) in [5.41, 5.74) is 4.51. The summed E-state index contributed by atoms with van der Waals surface area (Å²) in [6, 6.07) is 8.54. The van der Waals surface area contributed by atoms with Gasteiger partial charge in [-0.15, -0.1) is 0 Å². The lowest BCUT2D eigenvalue weighted by atomic mass is 9.93. The largest absolute Gasteiger partial charge is 0.330 e. The van der Waals surface area contributed by atoms with Gasteiger partial charge in [0.05, 0.1) is 6.04 Å². The number of hydrogen-bond acceptors (Lipinski definition) is 2. The van der Waals surface area contributed by atoms with E-state index in [1.54, 1.807) is 7.05 Å². The highest BCUT2D eigenvalue weighted by atomic mass is 16.2. The van der Waals surface area contributed by atoms with Crippen LogP contribution in [-0.4, -0.2) is 30.1 Å². The Balaban J connectivity index is 1.81. The minimum absolute atomic E-state index is 0.0597. The number of aliphatic imine (C=N–C) groups is 1. The Morgan fingerprint density at radius 3 is 2.73 bits per heavy atom. The molecule has 1 fully saturated rings. The van der Waals surface area contributed by atoms with Crippen LogP contribution >= 0.6 is 0 Å². The minimum Gasteiger partial charge on any atom is -0.330 e. The molecule has 22 heavy (non-hydrogen) atoms. The molecule has 1 unspecified atom stereocenters. The molecule has 1 aliphatic heterocycles. The van der Waals surface area contributed by atoms with Crippen LogP contribution in [0.15, 0.2) is 40.9 Å². The molecule has 1 aromatic carbocycles. The third-order valence-corrected chi connectivity index (χ3v) is 4.90. The zero-order valence-electron chi connectivity index (χ0n) is 13.7. The highest BCUT2D eigenvalue weighted by Gasteiger charge is 2.30. The number of nitrogens with zero attached hydrogens (tertiary/aromatic N) is 2. The second-order valence-corrected chi connectivity index (χ2v) is 6.39. The second kappa shape index (κ2) is 6.07. The SMILES string of the molecule is CN=C(/C=C(\C)C1CC1)C(=O)N1CCc2ccccc2C1C. The molecular formula is C19H24N2O. The number of benzene rings is 1. The van der Waals surface area contributed by atoms with Gasteiger partial charge in [0.25, 0.3) is 5.91 Å². The predicted octanol–water partition coefficient (Wildman–Crippen LogP) is 3.56. The summed E-state index contributed by atoms with van der Waals surface area (Å²) in [6.45, 7) is 5.00. The summed E-state index contributed by atoms with van der Waals surface area (Å²) in [6.07, 6.45) is 5.42. The van der Waals surface area contributed by atoms with E-state index < -0.39 is 0 Å². The van der Waals surface area contributed by atoms with Crippen LogP contribution in [0.5, 0.6) is 0 Å². The summed E-state index contributed by atoms with van der Waals surface area (Å²) in [5, 5.41) is 0. The Morgan fingerprint density at radius 1 is 1.32 bits per heavy atom. The van der Waals surface area contributed by atoms with Crippen LogP contribution in [0.2, 0.25) is 0 Å². The number of rotatable bonds is 3. The van der Waals surface area contributed by atoms with E-state index in [9.17, 15) is 4.79 Å². The van der Waals surface area contributed by atoms with Crippen molar-refractivity contribution < 1.29 is 4.79 Å². The van der Waals surface area contributed by atoms with E-state index in [-0.39, 0.29) is 11.9 Å². The van der Waals surface area contributed by atoms with E-state index >= 15 is 0 Å². The molecule has 1 amide bonds. The zero-order valence-corrected chi connectivity index (χ0v) is 13.7. The first-order valence-electron chi connectivity index (χ1n) is 8.15. The van der Waals surface area contributed by atoms with Crippen molar-refractivity contribution in [3.05, 3.63) is 47.0 Å². The van der Waals surface area contributed by atoms with Gasteiger partial charge in [0.15, 0.2) is 0 Å². The van der Waals surface area contributed by atoms with E-state index in [0.29, 0.717) is 11.6 Å². The number of allylic oxidation sites excluding steroid dienone is 1. The molecule has 3 rings (SSSR count). The molecular weight excluding hydrogens is 272 g/mol. The van der Waals surface area contributed by atoms with E-state index in [1.165, 1.54) is 29.5 Å². The standard InChI is InChI=1S/C19H24N2O/c1-13(15-8-9-15)12-18(20-3)19(22)21-11-10-16-6-4-5-7-17(16)14(21)2/h4-7,12,14-15H,8-11H2,1-3H3/b13-12+,20-18?. The van der Waals surface area contributed by atoms with Crippen molar-refractivity contribution in [2.45, 2.75) is 39.2 Å². The molecule has 2 aliphatic rings. The van der Waals surface area contributed by atoms with E-state index in [1.807, 2.05) is 11.0 Å².